The zero-order valence-electron chi connectivity index (χ0n) is 14.2. The lowest BCUT2D eigenvalue weighted by atomic mass is 9.49. The number of hydrogen-bond acceptors (Lipinski definition) is 2. The van der Waals surface area contributed by atoms with Crippen molar-refractivity contribution in [3.63, 3.8) is 0 Å². The number of carbonyl (C=O) groups is 2. The van der Waals surface area contributed by atoms with E-state index in [-0.39, 0.29) is 11.3 Å². The summed E-state index contributed by atoms with van der Waals surface area (Å²) in [5.74, 6) is 1.07. The van der Waals surface area contributed by atoms with Gasteiger partial charge in [-0.25, -0.2) is 4.79 Å². The van der Waals surface area contributed by atoms with Crippen molar-refractivity contribution in [3.8, 4) is 0 Å². The smallest absolute Gasteiger partial charge is 0.326 e. The lowest BCUT2D eigenvalue weighted by Crippen LogP contribution is -2.56. The maximum absolute atomic E-state index is 13.1. The van der Waals surface area contributed by atoms with Crippen LogP contribution in [0.5, 0.6) is 0 Å². The Morgan fingerprint density at radius 2 is 1.76 bits per heavy atom. The van der Waals surface area contributed by atoms with Gasteiger partial charge in [-0.05, 0) is 96.6 Å². The van der Waals surface area contributed by atoms with Crippen LogP contribution in [0.1, 0.15) is 44.1 Å². The highest BCUT2D eigenvalue weighted by molar-refractivity contribution is 14.1. The third-order valence-corrected chi connectivity index (χ3v) is 7.12. The van der Waals surface area contributed by atoms with Gasteiger partial charge in [0.05, 0.1) is 0 Å². The minimum Gasteiger partial charge on any atom is -0.480 e. The Bertz CT molecular complexity index is 667. The fourth-order valence-electron chi connectivity index (χ4n) is 5.80. The molecule has 134 valence electrons. The number of benzene rings is 1. The number of nitrogens with one attached hydrogen (secondary N) is 1. The Morgan fingerprint density at radius 1 is 1.16 bits per heavy atom. The van der Waals surface area contributed by atoms with Crippen LogP contribution in [0.4, 0.5) is 0 Å². The Balaban J connectivity index is 1.49. The van der Waals surface area contributed by atoms with Crippen molar-refractivity contribution in [2.75, 3.05) is 0 Å². The van der Waals surface area contributed by atoms with Crippen molar-refractivity contribution in [2.24, 2.45) is 23.2 Å². The summed E-state index contributed by atoms with van der Waals surface area (Å²) in [6.45, 7) is 0. The molecule has 5 heteroatoms. The molecule has 1 aromatic carbocycles. The molecule has 4 aliphatic rings. The van der Waals surface area contributed by atoms with Crippen molar-refractivity contribution in [1.29, 1.82) is 0 Å². The van der Waals surface area contributed by atoms with E-state index in [1.807, 2.05) is 24.3 Å². The molecule has 0 saturated heterocycles. The molecule has 25 heavy (non-hydrogen) atoms. The van der Waals surface area contributed by atoms with Crippen molar-refractivity contribution in [1.82, 2.24) is 5.32 Å². The van der Waals surface area contributed by atoms with E-state index in [1.54, 1.807) is 0 Å². The average molecular weight is 453 g/mol. The maximum atomic E-state index is 13.1. The number of halogens is 1. The molecule has 2 N–H and O–H groups in total. The number of rotatable bonds is 5. The summed E-state index contributed by atoms with van der Waals surface area (Å²) in [6.07, 6.45) is 7.04. The van der Waals surface area contributed by atoms with Crippen LogP contribution < -0.4 is 5.32 Å². The van der Waals surface area contributed by atoms with E-state index in [0.717, 1.165) is 28.4 Å². The van der Waals surface area contributed by atoms with Crippen LogP contribution in [-0.2, 0) is 16.0 Å². The number of hydrogen-bond donors (Lipinski definition) is 2. The first-order valence-corrected chi connectivity index (χ1v) is 10.3. The maximum Gasteiger partial charge on any atom is 0.326 e. The standard InChI is InChI=1S/C20H24INO3/c21-16-3-1-2-12(7-16)8-17(18(23)24)22-19(25)20-9-13-4-14(10-20)6-15(5-13)11-20/h1-3,7,13-15,17H,4-6,8-11H2,(H,22,25)(H,23,24)/t13?,14?,15?,17-,20?/m1/s1. The molecule has 1 aromatic rings. The van der Waals surface area contributed by atoms with Crippen molar-refractivity contribution in [3.05, 3.63) is 33.4 Å². The first-order valence-electron chi connectivity index (χ1n) is 9.22. The summed E-state index contributed by atoms with van der Waals surface area (Å²) in [6, 6.07) is 6.96. The Morgan fingerprint density at radius 3 is 2.28 bits per heavy atom. The molecule has 4 aliphatic carbocycles. The lowest BCUT2D eigenvalue weighted by molar-refractivity contribution is -0.151. The summed E-state index contributed by atoms with van der Waals surface area (Å²) < 4.78 is 1.08. The van der Waals surface area contributed by atoms with Gasteiger partial charge < -0.3 is 10.4 Å². The van der Waals surface area contributed by atoms with E-state index in [1.165, 1.54) is 19.3 Å². The third kappa shape index (κ3) is 3.44. The summed E-state index contributed by atoms with van der Waals surface area (Å²) in [5.41, 5.74) is 0.651. The van der Waals surface area contributed by atoms with E-state index in [2.05, 4.69) is 27.9 Å². The molecule has 0 aromatic heterocycles. The minimum absolute atomic E-state index is 0.00960. The predicted molar refractivity (Wildman–Crippen MR) is 103 cm³/mol. The summed E-state index contributed by atoms with van der Waals surface area (Å²) >= 11 is 2.22. The van der Waals surface area contributed by atoms with Gasteiger partial charge in [0.1, 0.15) is 6.04 Å². The molecule has 4 bridgehead atoms. The molecule has 1 amide bonds. The molecule has 0 spiro atoms. The van der Waals surface area contributed by atoms with Crippen LogP contribution in [0.3, 0.4) is 0 Å². The number of carboxylic acid groups (broad SMARTS) is 1. The fraction of sp³-hybridized carbons (Fsp3) is 0.600. The second-order valence-corrected chi connectivity index (χ2v) is 9.64. The lowest BCUT2D eigenvalue weighted by Gasteiger charge is -2.55. The molecular formula is C20H24INO3. The predicted octanol–water partition coefficient (Wildman–Crippen LogP) is 3.62. The van der Waals surface area contributed by atoms with Gasteiger partial charge in [0.25, 0.3) is 0 Å². The highest BCUT2D eigenvalue weighted by Gasteiger charge is 2.54. The van der Waals surface area contributed by atoms with Gasteiger partial charge in [0, 0.05) is 15.4 Å². The van der Waals surface area contributed by atoms with Crippen LogP contribution in [0.15, 0.2) is 24.3 Å². The first-order chi connectivity index (χ1) is 11.9. The molecule has 0 unspecified atom stereocenters. The van der Waals surface area contributed by atoms with E-state index in [0.29, 0.717) is 24.2 Å². The van der Waals surface area contributed by atoms with Gasteiger partial charge in [-0.1, -0.05) is 12.1 Å². The first kappa shape index (κ1) is 17.3. The quantitative estimate of drug-likeness (QED) is 0.670. The van der Waals surface area contributed by atoms with Gasteiger partial charge in [-0.15, -0.1) is 0 Å². The average Bonchev–Trinajstić information content (AvgIpc) is 2.52. The van der Waals surface area contributed by atoms with Crippen molar-refractivity contribution in [2.45, 2.75) is 51.0 Å². The van der Waals surface area contributed by atoms with Crippen LogP contribution in [0, 0.1) is 26.7 Å². The second-order valence-electron chi connectivity index (χ2n) is 8.40. The molecule has 0 radical (unpaired) electrons. The number of amides is 1. The number of carbonyl (C=O) groups excluding carboxylic acids is 1. The van der Waals surface area contributed by atoms with Gasteiger partial charge in [0.2, 0.25) is 5.91 Å². The summed E-state index contributed by atoms with van der Waals surface area (Å²) in [4.78, 5) is 24.8. The molecule has 5 rings (SSSR count). The highest BCUT2D eigenvalue weighted by Crippen LogP contribution is 2.60. The number of carboxylic acids is 1. The second kappa shape index (κ2) is 6.56. The molecular weight excluding hydrogens is 429 g/mol. The van der Waals surface area contributed by atoms with Crippen molar-refractivity contribution < 1.29 is 14.7 Å². The van der Waals surface area contributed by atoms with Gasteiger partial charge in [0.15, 0.2) is 0 Å². The van der Waals surface area contributed by atoms with E-state index >= 15 is 0 Å². The summed E-state index contributed by atoms with van der Waals surface area (Å²) in [7, 11) is 0. The van der Waals surface area contributed by atoms with Crippen LogP contribution in [-0.4, -0.2) is 23.0 Å². The van der Waals surface area contributed by atoms with Crippen molar-refractivity contribution >= 4 is 34.5 Å². The number of aliphatic carboxylic acids is 1. The van der Waals surface area contributed by atoms with Gasteiger partial charge >= 0.3 is 5.97 Å². The molecule has 0 aliphatic heterocycles. The van der Waals surface area contributed by atoms with Crippen LogP contribution in [0.2, 0.25) is 0 Å². The third-order valence-electron chi connectivity index (χ3n) is 6.45. The topological polar surface area (TPSA) is 66.4 Å². The minimum atomic E-state index is -0.947. The van der Waals surface area contributed by atoms with Gasteiger partial charge in [-0.3, -0.25) is 4.79 Å². The van der Waals surface area contributed by atoms with Crippen LogP contribution in [0.25, 0.3) is 0 Å². The highest BCUT2D eigenvalue weighted by atomic mass is 127. The summed E-state index contributed by atoms with van der Waals surface area (Å²) in [5, 5.41) is 12.5. The Labute approximate surface area is 161 Å². The van der Waals surface area contributed by atoms with Crippen LogP contribution >= 0.6 is 22.6 Å². The fourth-order valence-corrected chi connectivity index (χ4v) is 6.41. The molecule has 1 atom stereocenters. The van der Waals surface area contributed by atoms with E-state index in [9.17, 15) is 14.7 Å². The normalized spacial score (nSPS) is 33.9. The molecule has 4 saturated carbocycles. The monoisotopic (exact) mass is 453 g/mol. The Hall–Kier alpha value is -1.11. The zero-order valence-corrected chi connectivity index (χ0v) is 16.4. The van der Waals surface area contributed by atoms with Gasteiger partial charge in [-0.2, -0.15) is 0 Å². The molecule has 4 nitrogen and oxygen atoms in total. The largest absolute Gasteiger partial charge is 0.480 e. The molecule has 0 heterocycles. The SMILES string of the molecule is O=C(O)[C@@H](Cc1cccc(I)c1)NC(=O)C12CC3CC(CC(C3)C1)C2. The zero-order chi connectivity index (χ0) is 17.6. The van der Waals surface area contributed by atoms with E-state index in [4.69, 9.17) is 0 Å². The Kier molecular flexibility index (Phi) is 4.54. The van der Waals surface area contributed by atoms with E-state index < -0.39 is 12.0 Å². The molecule has 4 fully saturated rings.